The average molecular weight is 632 g/mol. The summed E-state index contributed by atoms with van der Waals surface area (Å²) in [5.41, 5.74) is 4.91. The third-order valence-electron chi connectivity index (χ3n) is 6.18. The standard InChI is InChI=1S/C34H34ClN3O7/c1-4-42-30-19-25(15-16-29(30)44-21-23-11-7-6-8-12-23)34(40)38-36-20-24-17-26(35)33(31(18-24)43-5-2)45-22-32(39)37-27-13-9-10-14-28(27)41-3/h6-20H,4-5,21-22H2,1-3H3,(H,37,39)(H,38,40)/b36-20+. The Morgan fingerprint density at radius 2 is 1.53 bits per heavy atom. The molecule has 0 atom stereocenters. The van der Waals surface area contributed by atoms with Gasteiger partial charge >= 0.3 is 0 Å². The lowest BCUT2D eigenvalue weighted by atomic mass is 10.2. The number of carbonyl (C=O) groups is 2. The van der Waals surface area contributed by atoms with Crippen LogP contribution >= 0.6 is 11.6 Å². The van der Waals surface area contributed by atoms with E-state index in [0.29, 0.717) is 59.6 Å². The van der Waals surface area contributed by atoms with Crippen molar-refractivity contribution in [2.24, 2.45) is 5.10 Å². The highest BCUT2D eigenvalue weighted by Crippen LogP contribution is 2.36. The summed E-state index contributed by atoms with van der Waals surface area (Å²) < 4.78 is 28.3. The Morgan fingerprint density at radius 1 is 0.800 bits per heavy atom. The lowest BCUT2D eigenvalue weighted by Crippen LogP contribution is -2.21. The van der Waals surface area contributed by atoms with Crippen LogP contribution in [0.25, 0.3) is 0 Å². The van der Waals surface area contributed by atoms with Gasteiger partial charge in [-0.1, -0.05) is 54.1 Å². The molecule has 0 aliphatic heterocycles. The Kier molecular flexibility index (Phi) is 12.0. The zero-order chi connectivity index (χ0) is 32.0. The summed E-state index contributed by atoms with van der Waals surface area (Å²) in [5.74, 6) is 1.16. The van der Waals surface area contributed by atoms with Gasteiger partial charge in [-0.25, -0.2) is 5.43 Å². The van der Waals surface area contributed by atoms with Crippen molar-refractivity contribution in [3.63, 3.8) is 0 Å². The molecule has 0 aliphatic carbocycles. The molecule has 10 nitrogen and oxygen atoms in total. The molecule has 0 bridgehead atoms. The number of nitrogens with zero attached hydrogens (tertiary/aromatic N) is 1. The Bertz CT molecular complexity index is 1630. The molecular formula is C34H34ClN3O7. The average Bonchev–Trinajstić information content (AvgIpc) is 3.04. The maximum atomic E-state index is 12.9. The molecule has 4 rings (SSSR count). The number of amides is 2. The van der Waals surface area contributed by atoms with Crippen LogP contribution in [0.3, 0.4) is 0 Å². The van der Waals surface area contributed by atoms with Crippen LogP contribution in [0.1, 0.15) is 35.3 Å². The molecule has 45 heavy (non-hydrogen) atoms. The van der Waals surface area contributed by atoms with E-state index in [1.165, 1.54) is 13.3 Å². The molecule has 4 aromatic carbocycles. The molecule has 2 N–H and O–H groups in total. The molecular weight excluding hydrogens is 598 g/mol. The van der Waals surface area contributed by atoms with E-state index in [0.717, 1.165) is 5.56 Å². The van der Waals surface area contributed by atoms with Gasteiger partial charge in [0.25, 0.3) is 11.8 Å². The van der Waals surface area contributed by atoms with Gasteiger partial charge in [-0.15, -0.1) is 0 Å². The minimum absolute atomic E-state index is 0.200. The third-order valence-corrected chi connectivity index (χ3v) is 6.46. The van der Waals surface area contributed by atoms with Crippen LogP contribution in [0.15, 0.2) is 90.0 Å². The van der Waals surface area contributed by atoms with Gasteiger partial charge in [-0.05, 0) is 67.4 Å². The van der Waals surface area contributed by atoms with Crippen LogP contribution in [0.4, 0.5) is 5.69 Å². The summed E-state index contributed by atoms with van der Waals surface area (Å²) in [4.78, 5) is 25.4. The summed E-state index contributed by atoms with van der Waals surface area (Å²) in [7, 11) is 1.52. The molecule has 0 heterocycles. The van der Waals surface area contributed by atoms with Crippen LogP contribution in [0.2, 0.25) is 5.02 Å². The van der Waals surface area contributed by atoms with Crippen molar-refractivity contribution in [2.75, 3.05) is 32.2 Å². The molecule has 4 aromatic rings. The van der Waals surface area contributed by atoms with Gasteiger partial charge in [-0.2, -0.15) is 5.10 Å². The first-order valence-electron chi connectivity index (χ1n) is 14.2. The highest BCUT2D eigenvalue weighted by atomic mass is 35.5. The van der Waals surface area contributed by atoms with E-state index in [2.05, 4.69) is 15.8 Å². The van der Waals surface area contributed by atoms with Gasteiger partial charge in [0.15, 0.2) is 29.6 Å². The molecule has 0 aromatic heterocycles. The van der Waals surface area contributed by atoms with Crippen molar-refractivity contribution in [3.05, 3.63) is 107 Å². The minimum Gasteiger partial charge on any atom is -0.495 e. The molecule has 2 amide bonds. The maximum absolute atomic E-state index is 12.9. The largest absolute Gasteiger partial charge is 0.495 e. The summed E-state index contributed by atoms with van der Waals surface area (Å²) in [6.45, 7) is 4.43. The van der Waals surface area contributed by atoms with E-state index in [4.69, 9.17) is 35.3 Å². The van der Waals surface area contributed by atoms with Crippen LogP contribution < -0.4 is 34.4 Å². The summed E-state index contributed by atoms with van der Waals surface area (Å²) in [6, 6.07) is 24.9. The van der Waals surface area contributed by atoms with Crippen molar-refractivity contribution in [2.45, 2.75) is 20.5 Å². The summed E-state index contributed by atoms with van der Waals surface area (Å²) >= 11 is 6.49. The van der Waals surface area contributed by atoms with E-state index in [1.54, 1.807) is 54.6 Å². The van der Waals surface area contributed by atoms with Crippen LogP contribution in [-0.2, 0) is 11.4 Å². The number of carbonyl (C=O) groups excluding carboxylic acids is 2. The van der Waals surface area contributed by atoms with Gasteiger partial charge in [0.2, 0.25) is 0 Å². The molecule has 0 aliphatic rings. The molecule has 0 saturated heterocycles. The normalized spacial score (nSPS) is 10.7. The second-order valence-corrected chi connectivity index (χ2v) is 9.78. The van der Waals surface area contributed by atoms with Gasteiger partial charge < -0.3 is 29.0 Å². The maximum Gasteiger partial charge on any atom is 0.271 e. The smallest absolute Gasteiger partial charge is 0.271 e. The molecule has 0 spiro atoms. The van der Waals surface area contributed by atoms with Gasteiger partial charge in [0, 0.05) is 5.56 Å². The van der Waals surface area contributed by atoms with Crippen molar-refractivity contribution >= 4 is 35.3 Å². The Morgan fingerprint density at radius 3 is 2.29 bits per heavy atom. The molecule has 0 saturated carbocycles. The zero-order valence-electron chi connectivity index (χ0n) is 25.2. The second-order valence-electron chi connectivity index (χ2n) is 9.37. The number of hydrogen-bond acceptors (Lipinski definition) is 8. The number of anilines is 1. The predicted molar refractivity (Wildman–Crippen MR) is 173 cm³/mol. The summed E-state index contributed by atoms with van der Waals surface area (Å²) in [6.07, 6.45) is 1.42. The van der Waals surface area contributed by atoms with E-state index in [9.17, 15) is 9.59 Å². The number of halogens is 1. The predicted octanol–water partition coefficient (Wildman–Crippen LogP) is 6.51. The number of para-hydroxylation sites is 2. The molecule has 234 valence electrons. The minimum atomic E-state index is -0.445. The van der Waals surface area contributed by atoms with Gasteiger partial charge in [-0.3, -0.25) is 9.59 Å². The first-order valence-corrected chi connectivity index (χ1v) is 14.6. The van der Waals surface area contributed by atoms with E-state index < -0.39 is 11.8 Å². The number of hydrogen-bond donors (Lipinski definition) is 2. The van der Waals surface area contributed by atoms with Crippen molar-refractivity contribution in [1.29, 1.82) is 0 Å². The quantitative estimate of drug-likeness (QED) is 0.114. The fourth-order valence-corrected chi connectivity index (χ4v) is 4.41. The van der Waals surface area contributed by atoms with Crippen molar-refractivity contribution in [3.8, 4) is 28.7 Å². The highest BCUT2D eigenvalue weighted by molar-refractivity contribution is 6.32. The number of ether oxygens (including phenoxy) is 5. The topological polar surface area (TPSA) is 117 Å². The lowest BCUT2D eigenvalue weighted by Gasteiger charge is -2.15. The molecule has 0 radical (unpaired) electrons. The zero-order valence-corrected chi connectivity index (χ0v) is 25.9. The van der Waals surface area contributed by atoms with E-state index in [-0.39, 0.29) is 17.4 Å². The second kappa shape index (κ2) is 16.6. The van der Waals surface area contributed by atoms with E-state index in [1.807, 2.05) is 44.2 Å². The first-order chi connectivity index (χ1) is 21.9. The Labute approximate surface area is 266 Å². The van der Waals surface area contributed by atoms with Crippen LogP contribution in [0.5, 0.6) is 28.7 Å². The number of rotatable bonds is 15. The fraction of sp³-hybridized carbons (Fsp3) is 0.206. The summed E-state index contributed by atoms with van der Waals surface area (Å²) in [5, 5.41) is 7.02. The Hall–Kier alpha value is -5.22. The Balaban J connectivity index is 1.39. The van der Waals surface area contributed by atoms with Crippen molar-refractivity contribution in [1.82, 2.24) is 5.43 Å². The third kappa shape index (κ3) is 9.38. The number of hydrazone groups is 1. The molecule has 11 heteroatoms. The van der Waals surface area contributed by atoms with E-state index >= 15 is 0 Å². The molecule has 0 fully saturated rings. The van der Waals surface area contributed by atoms with Crippen molar-refractivity contribution < 1.29 is 33.3 Å². The monoisotopic (exact) mass is 631 g/mol. The number of methoxy groups -OCH3 is 1. The van der Waals surface area contributed by atoms with Gasteiger partial charge in [0.1, 0.15) is 12.4 Å². The number of nitrogens with one attached hydrogen (secondary N) is 2. The fourth-order valence-electron chi connectivity index (χ4n) is 4.14. The first kappa shape index (κ1) is 32.7. The highest BCUT2D eigenvalue weighted by Gasteiger charge is 2.16. The van der Waals surface area contributed by atoms with Crippen LogP contribution in [0, 0.1) is 0 Å². The lowest BCUT2D eigenvalue weighted by molar-refractivity contribution is -0.118. The van der Waals surface area contributed by atoms with Crippen LogP contribution in [-0.4, -0.2) is 45.0 Å². The molecule has 0 unspecified atom stereocenters. The SMILES string of the molecule is CCOc1cc(C(=O)N/N=C/c2cc(Cl)c(OCC(=O)Nc3ccccc3OC)c(OCC)c2)ccc1OCc1ccccc1. The number of benzene rings is 4. The van der Waals surface area contributed by atoms with Gasteiger partial charge in [0.05, 0.1) is 37.2 Å².